The molecule has 1 aromatic carbocycles. The number of aryl methyl sites for hydroxylation is 1. The van der Waals surface area contributed by atoms with Crippen LogP contribution in [0.3, 0.4) is 0 Å². The molecule has 0 unspecified atom stereocenters. The van der Waals surface area contributed by atoms with Crippen LogP contribution < -0.4 is 0 Å². The first-order chi connectivity index (χ1) is 6.18. The molecule has 0 spiro atoms. The van der Waals surface area contributed by atoms with Crippen LogP contribution in [0.15, 0.2) is 12.1 Å². The Morgan fingerprint density at radius 3 is 2.92 bits per heavy atom. The molecule has 1 aliphatic rings. The number of hydrogen-bond donors (Lipinski definition) is 0. The van der Waals surface area contributed by atoms with Crippen LogP contribution in [-0.4, -0.2) is 18.5 Å². The zero-order valence-corrected chi connectivity index (χ0v) is 8.86. The van der Waals surface area contributed by atoms with E-state index in [0.717, 1.165) is 24.5 Å². The molecule has 1 aliphatic heterocycles. The standard InChI is InChI=1S/C11H14ClN/c1-8-3-4-9-5-6-13(2)7-10(9)11(8)12/h3-4H,5-7H2,1-2H3. The number of nitrogens with zero attached hydrogens (tertiary/aromatic N) is 1. The van der Waals surface area contributed by atoms with Crippen LogP contribution in [0.25, 0.3) is 0 Å². The molecule has 0 saturated carbocycles. The number of rotatable bonds is 0. The summed E-state index contributed by atoms with van der Waals surface area (Å²) in [4.78, 5) is 2.31. The maximum absolute atomic E-state index is 6.25. The van der Waals surface area contributed by atoms with Gasteiger partial charge in [-0.3, -0.25) is 0 Å². The van der Waals surface area contributed by atoms with E-state index in [2.05, 4.69) is 31.0 Å². The number of halogens is 1. The Bertz CT molecular complexity index is 333. The summed E-state index contributed by atoms with van der Waals surface area (Å²) < 4.78 is 0. The van der Waals surface area contributed by atoms with Gasteiger partial charge in [0.05, 0.1) is 0 Å². The highest BCUT2D eigenvalue weighted by atomic mass is 35.5. The third-order valence-corrected chi connectivity index (χ3v) is 3.25. The predicted molar refractivity (Wildman–Crippen MR) is 56.2 cm³/mol. The topological polar surface area (TPSA) is 3.24 Å². The minimum Gasteiger partial charge on any atom is -0.302 e. The minimum absolute atomic E-state index is 0.962. The van der Waals surface area contributed by atoms with Gasteiger partial charge in [-0.2, -0.15) is 0 Å². The summed E-state index contributed by atoms with van der Waals surface area (Å²) in [7, 11) is 2.14. The molecule has 13 heavy (non-hydrogen) atoms. The van der Waals surface area contributed by atoms with Crippen LogP contribution in [0.4, 0.5) is 0 Å². The Balaban J connectivity index is 2.48. The van der Waals surface area contributed by atoms with Gasteiger partial charge in [0, 0.05) is 18.1 Å². The van der Waals surface area contributed by atoms with E-state index in [0.29, 0.717) is 0 Å². The first kappa shape index (κ1) is 9.04. The van der Waals surface area contributed by atoms with Gasteiger partial charge in [0.15, 0.2) is 0 Å². The molecule has 1 aromatic rings. The highest BCUT2D eigenvalue weighted by Gasteiger charge is 2.16. The van der Waals surface area contributed by atoms with Gasteiger partial charge in [0.25, 0.3) is 0 Å². The van der Waals surface area contributed by atoms with Crippen molar-refractivity contribution < 1.29 is 0 Å². The van der Waals surface area contributed by atoms with Gasteiger partial charge in [-0.1, -0.05) is 23.7 Å². The van der Waals surface area contributed by atoms with E-state index in [1.807, 2.05) is 0 Å². The van der Waals surface area contributed by atoms with Crippen molar-refractivity contribution in [2.45, 2.75) is 19.9 Å². The maximum atomic E-state index is 6.25. The Hall–Kier alpha value is -0.530. The fraction of sp³-hybridized carbons (Fsp3) is 0.455. The van der Waals surface area contributed by atoms with Gasteiger partial charge in [0.2, 0.25) is 0 Å². The molecule has 1 nitrogen and oxygen atoms in total. The number of benzene rings is 1. The molecular formula is C11H14ClN. The molecule has 1 heterocycles. The van der Waals surface area contributed by atoms with Crippen LogP contribution in [0, 0.1) is 6.92 Å². The van der Waals surface area contributed by atoms with Gasteiger partial charge < -0.3 is 4.90 Å². The lowest BCUT2D eigenvalue weighted by Gasteiger charge is -2.26. The second-order valence-corrected chi connectivity index (χ2v) is 4.20. The first-order valence-electron chi connectivity index (χ1n) is 4.64. The molecular weight excluding hydrogens is 182 g/mol. The SMILES string of the molecule is Cc1ccc2c(c1Cl)CN(C)CC2. The number of fused-ring (bicyclic) bond motifs is 1. The fourth-order valence-corrected chi connectivity index (χ4v) is 2.09. The average molecular weight is 196 g/mol. The summed E-state index contributed by atoms with van der Waals surface area (Å²) in [5, 5.41) is 0.962. The summed E-state index contributed by atoms with van der Waals surface area (Å²) in [6.07, 6.45) is 1.13. The number of hydrogen-bond acceptors (Lipinski definition) is 1. The van der Waals surface area contributed by atoms with Gasteiger partial charge in [-0.15, -0.1) is 0 Å². The second kappa shape index (κ2) is 3.32. The zero-order valence-electron chi connectivity index (χ0n) is 8.10. The molecule has 0 fully saturated rings. The molecule has 0 radical (unpaired) electrons. The van der Waals surface area contributed by atoms with Crippen molar-refractivity contribution in [1.82, 2.24) is 4.90 Å². The summed E-state index contributed by atoms with van der Waals surface area (Å²) in [6.45, 7) is 4.21. The molecule has 0 atom stereocenters. The lowest BCUT2D eigenvalue weighted by atomic mass is 9.98. The molecule has 0 amide bonds. The van der Waals surface area contributed by atoms with E-state index in [1.54, 1.807) is 0 Å². The monoisotopic (exact) mass is 195 g/mol. The molecule has 2 heteroatoms. The Labute approximate surface area is 84.3 Å². The van der Waals surface area contributed by atoms with Crippen LogP contribution in [0.1, 0.15) is 16.7 Å². The van der Waals surface area contributed by atoms with Crippen LogP contribution >= 0.6 is 11.6 Å². The largest absolute Gasteiger partial charge is 0.302 e. The van der Waals surface area contributed by atoms with Crippen molar-refractivity contribution in [3.63, 3.8) is 0 Å². The van der Waals surface area contributed by atoms with E-state index < -0.39 is 0 Å². The van der Waals surface area contributed by atoms with Crippen LogP contribution in [-0.2, 0) is 13.0 Å². The van der Waals surface area contributed by atoms with Gasteiger partial charge >= 0.3 is 0 Å². The Morgan fingerprint density at radius 2 is 2.15 bits per heavy atom. The highest BCUT2D eigenvalue weighted by Crippen LogP contribution is 2.28. The minimum atomic E-state index is 0.962. The van der Waals surface area contributed by atoms with Crippen LogP contribution in [0.2, 0.25) is 5.02 Å². The van der Waals surface area contributed by atoms with Gasteiger partial charge in [-0.05, 0) is 37.1 Å². The second-order valence-electron chi connectivity index (χ2n) is 3.82. The van der Waals surface area contributed by atoms with E-state index in [-0.39, 0.29) is 0 Å². The summed E-state index contributed by atoms with van der Waals surface area (Å²) in [5.41, 5.74) is 3.94. The molecule has 70 valence electrons. The maximum Gasteiger partial charge on any atom is 0.0482 e. The summed E-state index contributed by atoms with van der Waals surface area (Å²) in [6, 6.07) is 4.33. The van der Waals surface area contributed by atoms with E-state index in [9.17, 15) is 0 Å². The molecule has 0 aliphatic carbocycles. The third kappa shape index (κ3) is 1.59. The van der Waals surface area contributed by atoms with Crippen molar-refractivity contribution in [2.24, 2.45) is 0 Å². The fourth-order valence-electron chi connectivity index (χ4n) is 1.84. The first-order valence-corrected chi connectivity index (χ1v) is 5.01. The predicted octanol–water partition coefficient (Wildman–Crippen LogP) is 2.64. The summed E-state index contributed by atoms with van der Waals surface area (Å²) in [5.74, 6) is 0. The van der Waals surface area contributed by atoms with Crippen molar-refractivity contribution in [1.29, 1.82) is 0 Å². The normalized spacial score (nSPS) is 17.2. The quantitative estimate of drug-likeness (QED) is 0.615. The Morgan fingerprint density at radius 1 is 1.38 bits per heavy atom. The third-order valence-electron chi connectivity index (χ3n) is 2.72. The molecule has 0 saturated heterocycles. The molecule has 2 rings (SSSR count). The van der Waals surface area contributed by atoms with Crippen molar-refractivity contribution in [3.8, 4) is 0 Å². The zero-order chi connectivity index (χ0) is 9.42. The smallest absolute Gasteiger partial charge is 0.0482 e. The van der Waals surface area contributed by atoms with Gasteiger partial charge in [-0.25, -0.2) is 0 Å². The summed E-state index contributed by atoms with van der Waals surface area (Å²) >= 11 is 6.25. The van der Waals surface area contributed by atoms with E-state index >= 15 is 0 Å². The van der Waals surface area contributed by atoms with Gasteiger partial charge in [0.1, 0.15) is 0 Å². The lowest BCUT2D eigenvalue weighted by Crippen LogP contribution is -2.26. The van der Waals surface area contributed by atoms with Crippen molar-refractivity contribution in [3.05, 3.63) is 33.8 Å². The van der Waals surface area contributed by atoms with Crippen molar-refractivity contribution >= 4 is 11.6 Å². The van der Waals surface area contributed by atoms with E-state index in [1.165, 1.54) is 16.7 Å². The highest BCUT2D eigenvalue weighted by molar-refractivity contribution is 6.32. The average Bonchev–Trinajstić information content (AvgIpc) is 2.12. The molecule has 0 aromatic heterocycles. The molecule has 0 bridgehead atoms. The van der Waals surface area contributed by atoms with Crippen LogP contribution in [0.5, 0.6) is 0 Å². The number of likely N-dealkylation sites (N-methyl/N-ethyl adjacent to an activating group) is 1. The van der Waals surface area contributed by atoms with Crippen molar-refractivity contribution in [2.75, 3.05) is 13.6 Å². The van der Waals surface area contributed by atoms with E-state index in [4.69, 9.17) is 11.6 Å². The Kier molecular flexibility index (Phi) is 2.31. The lowest BCUT2D eigenvalue weighted by molar-refractivity contribution is 0.313. The molecule has 0 N–H and O–H groups in total.